The smallest absolute Gasteiger partial charge is 0.134 e. The Bertz CT molecular complexity index is 531. The second kappa shape index (κ2) is 7.12. The van der Waals surface area contributed by atoms with Crippen LogP contribution in [0.4, 0.5) is 0 Å². The molecule has 3 heteroatoms. The molecule has 0 amide bonds. The van der Waals surface area contributed by atoms with Gasteiger partial charge in [-0.1, -0.05) is 24.3 Å². The summed E-state index contributed by atoms with van der Waals surface area (Å²) in [5, 5.41) is 4.28. The Morgan fingerprint density at radius 2 is 2.21 bits per heavy atom. The molecule has 0 aliphatic heterocycles. The number of hydrogen-bond acceptors (Lipinski definition) is 3. The molecule has 2 rings (SSSR count). The van der Waals surface area contributed by atoms with E-state index in [2.05, 4.69) is 18.0 Å². The van der Waals surface area contributed by atoms with Gasteiger partial charge < -0.3 is 14.5 Å². The van der Waals surface area contributed by atoms with Crippen molar-refractivity contribution >= 4 is 11.0 Å². The second-order valence-corrected chi connectivity index (χ2v) is 4.51. The van der Waals surface area contributed by atoms with E-state index in [9.17, 15) is 0 Å². The van der Waals surface area contributed by atoms with E-state index in [1.54, 1.807) is 0 Å². The first-order valence-electron chi connectivity index (χ1n) is 6.69. The van der Waals surface area contributed by atoms with Gasteiger partial charge in [0, 0.05) is 17.6 Å². The topological polar surface area (TPSA) is 34.4 Å². The summed E-state index contributed by atoms with van der Waals surface area (Å²) in [5.74, 6) is 0.965. The van der Waals surface area contributed by atoms with Gasteiger partial charge in [-0.25, -0.2) is 0 Å². The first-order valence-corrected chi connectivity index (χ1v) is 6.69. The lowest BCUT2D eigenvalue weighted by atomic mass is 10.1. The Balaban J connectivity index is 2.10. The highest BCUT2D eigenvalue weighted by molar-refractivity contribution is 5.82. The third kappa shape index (κ3) is 3.46. The number of rotatable bonds is 8. The Hall–Kier alpha value is -1.58. The third-order valence-electron chi connectivity index (χ3n) is 3.06. The molecule has 0 radical (unpaired) electrons. The molecule has 1 aromatic heterocycles. The Kier molecular flexibility index (Phi) is 5.19. The van der Waals surface area contributed by atoms with Gasteiger partial charge in [-0.05, 0) is 26.0 Å². The van der Waals surface area contributed by atoms with Gasteiger partial charge in [0.1, 0.15) is 11.3 Å². The molecular weight excluding hydrogens is 238 g/mol. The standard InChI is InChI=1S/C16H21NO2/c1-3-4-7-10-18-12-14-13-8-5-6-9-15(13)19-16(14)11-17-2/h3,5-6,8-9,17H,1,4,7,10-12H2,2H3. The summed E-state index contributed by atoms with van der Waals surface area (Å²) in [6.45, 7) is 5.79. The molecule has 0 saturated carbocycles. The van der Waals surface area contributed by atoms with E-state index in [0.29, 0.717) is 6.61 Å². The fourth-order valence-electron chi connectivity index (χ4n) is 2.12. The van der Waals surface area contributed by atoms with E-state index >= 15 is 0 Å². The molecule has 102 valence electrons. The van der Waals surface area contributed by atoms with Crippen LogP contribution in [0.3, 0.4) is 0 Å². The largest absolute Gasteiger partial charge is 0.459 e. The zero-order valence-electron chi connectivity index (χ0n) is 11.4. The van der Waals surface area contributed by atoms with Crippen molar-refractivity contribution in [3.05, 3.63) is 48.2 Å². The Labute approximate surface area is 114 Å². The first kappa shape index (κ1) is 13.8. The van der Waals surface area contributed by atoms with Crippen molar-refractivity contribution in [2.24, 2.45) is 0 Å². The average Bonchev–Trinajstić information content (AvgIpc) is 2.77. The lowest BCUT2D eigenvalue weighted by molar-refractivity contribution is 0.118. The molecular formula is C16H21NO2. The summed E-state index contributed by atoms with van der Waals surface area (Å²) >= 11 is 0. The maximum Gasteiger partial charge on any atom is 0.134 e. The molecule has 3 nitrogen and oxygen atoms in total. The molecule has 1 aromatic carbocycles. The zero-order valence-corrected chi connectivity index (χ0v) is 11.4. The van der Waals surface area contributed by atoms with Gasteiger partial charge in [0.25, 0.3) is 0 Å². The lowest BCUT2D eigenvalue weighted by Gasteiger charge is -2.04. The normalized spacial score (nSPS) is 11.0. The first-order chi connectivity index (χ1) is 9.36. The Morgan fingerprint density at radius 1 is 1.37 bits per heavy atom. The number of ether oxygens (including phenoxy) is 1. The van der Waals surface area contributed by atoms with Crippen LogP contribution < -0.4 is 5.32 Å². The molecule has 1 N–H and O–H groups in total. The average molecular weight is 259 g/mol. The molecule has 0 atom stereocenters. The van der Waals surface area contributed by atoms with Gasteiger partial charge >= 0.3 is 0 Å². The highest BCUT2D eigenvalue weighted by Gasteiger charge is 2.12. The summed E-state index contributed by atoms with van der Waals surface area (Å²) in [6, 6.07) is 8.10. The van der Waals surface area contributed by atoms with E-state index in [-0.39, 0.29) is 0 Å². The van der Waals surface area contributed by atoms with Crippen LogP contribution in [0.2, 0.25) is 0 Å². The molecule has 0 spiro atoms. The van der Waals surface area contributed by atoms with Crippen molar-refractivity contribution in [3.63, 3.8) is 0 Å². The minimum Gasteiger partial charge on any atom is -0.459 e. The minimum absolute atomic E-state index is 0.602. The van der Waals surface area contributed by atoms with Crippen molar-refractivity contribution in [3.8, 4) is 0 Å². The van der Waals surface area contributed by atoms with Crippen molar-refractivity contribution in [1.29, 1.82) is 0 Å². The number of fused-ring (bicyclic) bond motifs is 1. The number of hydrogen-bond donors (Lipinski definition) is 1. The molecule has 0 fully saturated rings. The second-order valence-electron chi connectivity index (χ2n) is 4.51. The van der Waals surface area contributed by atoms with Crippen LogP contribution in [0.25, 0.3) is 11.0 Å². The van der Waals surface area contributed by atoms with Gasteiger partial charge in [-0.15, -0.1) is 6.58 Å². The molecule has 1 heterocycles. The van der Waals surface area contributed by atoms with Crippen LogP contribution in [0.5, 0.6) is 0 Å². The van der Waals surface area contributed by atoms with E-state index in [1.165, 1.54) is 0 Å². The van der Waals surface area contributed by atoms with Crippen LogP contribution in [0, 0.1) is 0 Å². The fraction of sp³-hybridized carbons (Fsp3) is 0.375. The van der Waals surface area contributed by atoms with Crippen molar-refractivity contribution in [2.75, 3.05) is 13.7 Å². The van der Waals surface area contributed by atoms with Crippen LogP contribution in [-0.2, 0) is 17.9 Å². The molecule has 0 bridgehead atoms. The number of para-hydroxylation sites is 1. The molecule has 0 aliphatic carbocycles. The third-order valence-corrected chi connectivity index (χ3v) is 3.06. The van der Waals surface area contributed by atoms with Crippen LogP contribution in [0.15, 0.2) is 41.3 Å². The van der Waals surface area contributed by atoms with Gasteiger partial charge in [-0.3, -0.25) is 0 Å². The highest BCUT2D eigenvalue weighted by atomic mass is 16.5. The van der Waals surface area contributed by atoms with Gasteiger partial charge in [0.2, 0.25) is 0 Å². The van der Waals surface area contributed by atoms with E-state index in [4.69, 9.17) is 9.15 Å². The summed E-state index contributed by atoms with van der Waals surface area (Å²) in [7, 11) is 1.92. The molecule has 0 saturated heterocycles. The summed E-state index contributed by atoms with van der Waals surface area (Å²) in [6.07, 6.45) is 3.93. The van der Waals surface area contributed by atoms with Crippen LogP contribution >= 0.6 is 0 Å². The monoisotopic (exact) mass is 259 g/mol. The maximum absolute atomic E-state index is 5.86. The van der Waals surface area contributed by atoms with Gasteiger partial charge in [0.05, 0.1) is 13.2 Å². The Morgan fingerprint density at radius 3 is 3.00 bits per heavy atom. The fourth-order valence-corrected chi connectivity index (χ4v) is 2.12. The molecule has 2 aromatic rings. The molecule has 19 heavy (non-hydrogen) atoms. The van der Waals surface area contributed by atoms with E-state index in [0.717, 1.165) is 48.3 Å². The lowest BCUT2D eigenvalue weighted by Crippen LogP contribution is -2.07. The maximum atomic E-state index is 5.86. The summed E-state index contributed by atoms with van der Waals surface area (Å²) in [4.78, 5) is 0. The SMILES string of the molecule is C=CCCCOCc1c(CNC)oc2ccccc12. The quantitative estimate of drug-likeness (QED) is 0.580. The van der Waals surface area contributed by atoms with Crippen LogP contribution in [-0.4, -0.2) is 13.7 Å². The highest BCUT2D eigenvalue weighted by Crippen LogP contribution is 2.26. The number of allylic oxidation sites excluding steroid dienone is 1. The molecule has 0 aliphatic rings. The number of unbranched alkanes of at least 4 members (excludes halogenated alkanes) is 1. The van der Waals surface area contributed by atoms with Gasteiger partial charge in [0.15, 0.2) is 0 Å². The van der Waals surface area contributed by atoms with E-state index < -0.39 is 0 Å². The van der Waals surface area contributed by atoms with E-state index in [1.807, 2.05) is 31.3 Å². The summed E-state index contributed by atoms with van der Waals surface area (Å²) in [5.41, 5.74) is 2.08. The van der Waals surface area contributed by atoms with Crippen LogP contribution in [0.1, 0.15) is 24.2 Å². The molecule has 0 unspecified atom stereocenters. The number of benzene rings is 1. The van der Waals surface area contributed by atoms with Crippen molar-refractivity contribution in [1.82, 2.24) is 5.32 Å². The van der Waals surface area contributed by atoms with Crippen molar-refractivity contribution in [2.45, 2.75) is 26.0 Å². The van der Waals surface area contributed by atoms with Crippen molar-refractivity contribution < 1.29 is 9.15 Å². The summed E-state index contributed by atoms with van der Waals surface area (Å²) < 4.78 is 11.6. The van der Waals surface area contributed by atoms with Gasteiger partial charge in [-0.2, -0.15) is 0 Å². The minimum atomic E-state index is 0.602. The zero-order chi connectivity index (χ0) is 13.5. The number of furan rings is 1. The number of nitrogens with one attached hydrogen (secondary N) is 1. The predicted molar refractivity (Wildman–Crippen MR) is 78.1 cm³/mol. The predicted octanol–water partition coefficient (Wildman–Crippen LogP) is 3.64.